The highest BCUT2D eigenvalue weighted by molar-refractivity contribution is 7.66. The van der Waals surface area contributed by atoms with Crippen molar-refractivity contribution in [3.8, 4) is 0 Å². The molecule has 3 nitrogen and oxygen atoms in total. The summed E-state index contributed by atoms with van der Waals surface area (Å²) >= 11 is 0. The molecule has 1 aromatic rings. The van der Waals surface area contributed by atoms with Gasteiger partial charge in [0.25, 0.3) is 0 Å². The van der Waals surface area contributed by atoms with Gasteiger partial charge in [-0.15, -0.1) is 0 Å². The molecule has 31 heavy (non-hydrogen) atoms. The fraction of sp³-hybridized carbons (Fsp3) is 0.778. The summed E-state index contributed by atoms with van der Waals surface area (Å²) in [6, 6.07) is 3.68. The lowest BCUT2D eigenvalue weighted by Gasteiger charge is -2.17. The largest absolute Gasteiger partial charge is 0.441 e. The van der Waals surface area contributed by atoms with Gasteiger partial charge in [0.2, 0.25) is 0 Å². The molecule has 1 rings (SSSR count). The predicted octanol–water partition coefficient (Wildman–Crippen LogP) is 7.73. The van der Waals surface area contributed by atoms with Crippen LogP contribution in [0.5, 0.6) is 0 Å². The second kappa shape index (κ2) is 17.1. The molecule has 0 heterocycles. The second-order valence-electron chi connectivity index (χ2n) is 9.38. The smallest absolute Gasteiger partial charge is 0.189 e. The molecule has 0 saturated heterocycles. The van der Waals surface area contributed by atoms with Crippen LogP contribution in [-0.4, -0.2) is 14.7 Å². The van der Waals surface area contributed by atoms with E-state index in [4.69, 9.17) is 0 Å². The monoisotopic (exact) mass is 453 g/mol. The number of hydrogen-bond donors (Lipinski definition) is 3. The first-order valence-corrected chi connectivity index (χ1v) is 14.8. The van der Waals surface area contributed by atoms with E-state index in [1.807, 2.05) is 6.07 Å². The molecular formula is C27H50O3P+. The Morgan fingerprint density at radius 3 is 1.35 bits per heavy atom. The fourth-order valence-electron chi connectivity index (χ4n) is 4.58. The van der Waals surface area contributed by atoms with Crippen LogP contribution in [0.1, 0.15) is 133 Å². The Balaban J connectivity index is 2.59. The Hall–Kier alpha value is -0.470. The van der Waals surface area contributed by atoms with E-state index in [0.717, 1.165) is 31.2 Å². The Bertz CT molecular complexity index is 581. The Kier molecular flexibility index (Phi) is 15.7. The van der Waals surface area contributed by atoms with Crippen molar-refractivity contribution in [2.24, 2.45) is 0 Å². The minimum atomic E-state index is -3.99. The summed E-state index contributed by atoms with van der Waals surface area (Å²) in [5, 5.41) is 0.385. The number of benzene rings is 1. The van der Waals surface area contributed by atoms with Crippen molar-refractivity contribution in [3.05, 3.63) is 28.8 Å². The van der Waals surface area contributed by atoms with Gasteiger partial charge in [0.05, 0.1) is 0 Å². The van der Waals surface area contributed by atoms with E-state index in [-0.39, 0.29) is 0 Å². The number of unbranched alkanes of at least 4 members (excludes halogenated alkanes) is 14. The lowest BCUT2D eigenvalue weighted by molar-refractivity contribution is 0.346. The van der Waals surface area contributed by atoms with Gasteiger partial charge in [-0.25, -0.2) is 0 Å². The molecule has 1 aromatic carbocycles. The summed E-state index contributed by atoms with van der Waals surface area (Å²) in [6.07, 6.45) is 22.2. The van der Waals surface area contributed by atoms with Crippen LogP contribution in [0.25, 0.3) is 0 Å². The third-order valence-electron chi connectivity index (χ3n) is 6.52. The zero-order valence-corrected chi connectivity index (χ0v) is 21.6. The molecule has 0 bridgehead atoms. The van der Waals surface area contributed by atoms with Crippen molar-refractivity contribution < 1.29 is 14.7 Å². The molecule has 0 amide bonds. The predicted molar refractivity (Wildman–Crippen MR) is 137 cm³/mol. The van der Waals surface area contributed by atoms with Gasteiger partial charge in [0, 0.05) is 5.56 Å². The highest BCUT2D eigenvalue weighted by Gasteiger charge is 2.37. The van der Waals surface area contributed by atoms with Crippen molar-refractivity contribution in [3.63, 3.8) is 0 Å². The quantitative estimate of drug-likeness (QED) is 0.148. The van der Waals surface area contributed by atoms with E-state index >= 15 is 0 Å². The van der Waals surface area contributed by atoms with Crippen molar-refractivity contribution in [2.45, 2.75) is 136 Å². The molecule has 180 valence electrons. The van der Waals surface area contributed by atoms with Gasteiger partial charge < -0.3 is 0 Å². The van der Waals surface area contributed by atoms with Crippen molar-refractivity contribution in [1.29, 1.82) is 0 Å². The van der Waals surface area contributed by atoms with E-state index in [2.05, 4.69) is 20.8 Å². The van der Waals surface area contributed by atoms with Crippen LogP contribution < -0.4 is 5.30 Å². The first kappa shape index (κ1) is 28.6. The standard InChI is InChI=1S/C27H50O3P/c1-4-6-8-10-12-14-16-18-20-25-24(3)22-23-27(31(28,29)30)26(25)21-19-17-15-13-11-9-7-5-2/h22-23,28-30H,4-21H2,1-3H3/q+1. The average molecular weight is 454 g/mol. The molecule has 0 aromatic heterocycles. The van der Waals surface area contributed by atoms with Gasteiger partial charge in [0.15, 0.2) is 5.30 Å². The maximum Gasteiger partial charge on any atom is 0.441 e. The number of rotatable bonds is 19. The Labute approximate surface area is 193 Å². The maximum atomic E-state index is 10.0. The number of hydrogen-bond acceptors (Lipinski definition) is 3. The first-order chi connectivity index (χ1) is 14.9. The van der Waals surface area contributed by atoms with Gasteiger partial charge in [-0.1, -0.05) is 110 Å². The maximum absolute atomic E-state index is 10.0. The summed E-state index contributed by atoms with van der Waals surface area (Å²) < 4.78 is 0. The zero-order chi connectivity index (χ0) is 23.0. The highest BCUT2D eigenvalue weighted by atomic mass is 31.2. The van der Waals surface area contributed by atoms with E-state index in [0.29, 0.717) is 5.30 Å². The topological polar surface area (TPSA) is 60.7 Å². The van der Waals surface area contributed by atoms with Crippen LogP contribution in [0, 0.1) is 6.92 Å². The highest BCUT2D eigenvalue weighted by Crippen LogP contribution is 2.45. The van der Waals surface area contributed by atoms with Crippen LogP contribution in [0.4, 0.5) is 0 Å². The van der Waals surface area contributed by atoms with Gasteiger partial charge in [-0.05, 0) is 49.8 Å². The zero-order valence-electron chi connectivity index (χ0n) is 20.7. The summed E-state index contributed by atoms with van der Waals surface area (Å²) in [5.41, 5.74) is 3.47. The van der Waals surface area contributed by atoms with E-state index < -0.39 is 7.94 Å². The van der Waals surface area contributed by atoms with Crippen LogP contribution in [0.3, 0.4) is 0 Å². The molecular weight excluding hydrogens is 403 g/mol. The minimum absolute atomic E-state index is 0.385. The van der Waals surface area contributed by atoms with Crippen LogP contribution in [0.2, 0.25) is 0 Å². The lowest BCUT2D eigenvalue weighted by Crippen LogP contribution is -2.19. The molecule has 0 aliphatic rings. The van der Waals surface area contributed by atoms with Gasteiger partial charge in [-0.2, -0.15) is 14.7 Å². The third-order valence-corrected chi connectivity index (χ3v) is 7.59. The van der Waals surface area contributed by atoms with Crippen LogP contribution in [0.15, 0.2) is 12.1 Å². The summed E-state index contributed by atoms with van der Waals surface area (Å²) in [6.45, 7) is 6.62. The molecule has 0 saturated carbocycles. The molecule has 0 unspecified atom stereocenters. The van der Waals surface area contributed by atoms with Crippen molar-refractivity contribution in [2.75, 3.05) is 0 Å². The Morgan fingerprint density at radius 1 is 0.548 bits per heavy atom. The third kappa shape index (κ3) is 12.4. The van der Waals surface area contributed by atoms with Crippen LogP contribution >= 0.6 is 7.94 Å². The van der Waals surface area contributed by atoms with Crippen molar-refractivity contribution >= 4 is 13.2 Å². The minimum Gasteiger partial charge on any atom is -0.189 e. The summed E-state index contributed by atoms with van der Waals surface area (Å²) in [4.78, 5) is 30.1. The van der Waals surface area contributed by atoms with Gasteiger partial charge in [0.1, 0.15) is 0 Å². The fourth-order valence-corrected chi connectivity index (χ4v) is 5.46. The second-order valence-corrected chi connectivity index (χ2v) is 11.0. The van der Waals surface area contributed by atoms with Crippen LogP contribution in [-0.2, 0) is 12.8 Å². The molecule has 0 spiro atoms. The molecule has 4 heteroatoms. The molecule has 0 aliphatic carbocycles. The Morgan fingerprint density at radius 2 is 0.935 bits per heavy atom. The molecule has 0 fully saturated rings. The van der Waals surface area contributed by atoms with E-state index in [1.54, 1.807) is 6.07 Å². The molecule has 0 atom stereocenters. The summed E-state index contributed by atoms with van der Waals surface area (Å²) in [5.74, 6) is 0. The van der Waals surface area contributed by atoms with E-state index in [9.17, 15) is 14.7 Å². The first-order valence-electron chi connectivity index (χ1n) is 13.1. The lowest BCUT2D eigenvalue weighted by atomic mass is 9.92. The normalized spacial score (nSPS) is 11.9. The molecule has 0 radical (unpaired) electrons. The van der Waals surface area contributed by atoms with Crippen molar-refractivity contribution in [1.82, 2.24) is 0 Å². The SMILES string of the molecule is CCCCCCCCCCc1c(C)ccc([P+](O)(O)O)c1CCCCCCCCCC. The molecule has 3 N–H and O–H groups in total. The number of aryl methyl sites for hydroxylation is 1. The summed E-state index contributed by atoms with van der Waals surface area (Å²) in [7, 11) is -3.99. The van der Waals surface area contributed by atoms with E-state index in [1.165, 1.54) is 101 Å². The van der Waals surface area contributed by atoms with Gasteiger partial charge >= 0.3 is 7.94 Å². The van der Waals surface area contributed by atoms with Gasteiger partial charge in [-0.3, -0.25) is 0 Å². The molecule has 0 aliphatic heterocycles. The average Bonchev–Trinajstić information content (AvgIpc) is 2.72.